The number of hydrogen-bond acceptors (Lipinski definition) is 4. The van der Waals surface area contributed by atoms with E-state index in [0.29, 0.717) is 29.2 Å². The van der Waals surface area contributed by atoms with Crippen molar-refractivity contribution in [2.24, 2.45) is 0 Å². The van der Waals surface area contributed by atoms with Crippen LogP contribution in [0.1, 0.15) is 17.5 Å². The lowest BCUT2D eigenvalue weighted by molar-refractivity contribution is 0.199. The van der Waals surface area contributed by atoms with Crippen LogP contribution in [0.2, 0.25) is 5.02 Å². The Hall–Kier alpha value is -1.09. The van der Waals surface area contributed by atoms with Crippen LogP contribution in [0.4, 0.5) is 0 Å². The van der Waals surface area contributed by atoms with Crippen molar-refractivity contribution in [3.63, 3.8) is 0 Å². The fourth-order valence-corrected chi connectivity index (χ4v) is 3.22. The summed E-state index contributed by atoms with van der Waals surface area (Å²) >= 11 is 5.94. The highest BCUT2D eigenvalue weighted by Gasteiger charge is 2.14. The Kier molecular flexibility index (Phi) is 5.60. The topological polar surface area (TPSA) is 67.2 Å². The van der Waals surface area contributed by atoms with Crippen molar-refractivity contribution in [1.82, 2.24) is 0 Å². The zero-order valence-corrected chi connectivity index (χ0v) is 11.6. The van der Waals surface area contributed by atoms with Gasteiger partial charge in [0, 0.05) is 18.7 Å². The number of benzene rings is 1. The van der Waals surface area contributed by atoms with Crippen LogP contribution in [0.5, 0.6) is 0 Å². The lowest BCUT2D eigenvalue weighted by atomic mass is 10.2. The number of rotatable bonds is 6. The van der Waals surface area contributed by atoms with E-state index in [1.165, 1.54) is 13.2 Å². The van der Waals surface area contributed by atoms with Crippen molar-refractivity contribution in [3.05, 3.63) is 34.3 Å². The Morgan fingerprint density at radius 3 is 2.72 bits per heavy atom. The van der Waals surface area contributed by atoms with Gasteiger partial charge in [-0.2, -0.15) is 5.26 Å². The van der Waals surface area contributed by atoms with E-state index in [4.69, 9.17) is 21.6 Å². The second-order valence-electron chi connectivity index (χ2n) is 3.86. The molecule has 0 fully saturated rings. The van der Waals surface area contributed by atoms with Gasteiger partial charge in [0.25, 0.3) is 0 Å². The predicted octanol–water partition coefficient (Wildman–Crippen LogP) is 2.16. The summed E-state index contributed by atoms with van der Waals surface area (Å²) in [5.41, 5.74) is 0.939. The molecule has 0 N–H and O–H groups in total. The van der Waals surface area contributed by atoms with E-state index in [-0.39, 0.29) is 11.5 Å². The summed E-state index contributed by atoms with van der Waals surface area (Å²) in [7, 11) is -1.66. The third-order valence-corrected chi connectivity index (χ3v) is 4.37. The molecule has 0 amide bonds. The standard InChI is InChI=1S/C12H14ClNO3S/c1-17-5-2-6-18(15,16)9-11-4-3-10(8-14)7-12(11)13/h3-4,7H,2,5-6,9H2,1H3. The van der Waals surface area contributed by atoms with Gasteiger partial charge in [-0.15, -0.1) is 0 Å². The molecule has 0 heterocycles. The minimum Gasteiger partial charge on any atom is -0.385 e. The van der Waals surface area contributed by atoms with E-state index >= 15 is 0 Å². The van der Waals surface area contributed by atoms with Gasteiger partial charge in [0.15, 0.2) is 9.84 Å². The van der Waals surface area contributed by atoms with Crippen molar-refractivity contribution in [2.45, 2.75) is 12.2 Å². The smallest absolute Gasteiger partial charge is 0.154 e. The average Bonchev–Trinajstić information content (AvgIpc) is 2.31. The molecule has 6 heteroatoms. The number of sulfone groups is 1. The molecule has 0 atom stereocenters. The van der Waals surface area contributed by atoms with Crippen LogP contribution in [0.3, 0.4) is 0 Å². The molecule has 0 unspecified atom stereocenters. The van der Waals surface area contributed by atoms with Gasteiger partial charge in [-0.25, -0.2) is 8.42 Å². The van der Waals surface area contributed by atoms with Gasteiger partial charge in [0.2, 0.25) is 0 Å². The molecule has 0 bridgehead atoms. The largest absolute Gasteiger partial charge is 0.385 e. The molecule has 0 aliphatic carbocycles. The molecular formula is C12H14ClNO3S. The summed E-state index contributed by atoms with van der Waals surface area (Å²) in [6.45, 7) is 0.417. The van der Waals surface area contributed by atoms with Gasteiger partial charge in [-0.05, 0) is 24.1 Å². The maximum absolute atomic E-state index is 11.8. The molecule has 1 rings (SSSR count). The molecule has 0 saturated heterocycles. The van der Waals surface area contributed by atoms with Crippen molar-refractivity contribution < 1.29 is 13.2 Å². The van der Waals surface area contributed by atoms with E-state index in [2.05, 4.69) is 0 Å². The predicted molar refractivity (Wildman–Crippen MR) is 70.2 cm³/mol. The number of halogens is 1. The van der Waals surface area contributed by atoms with E-state index < -0.39 is 9.84 Å². The van der Waals surface area contributed by atoms with Gasteiger partial charge in [-0.3, -0.25) is 0 Å². The molecule has 98 valence electrons. The van der Waals surface area contributed by atoms with Crippen LogP contribution >= 0.6 is 11.6 Å². The fraction of sp³-hybridized carbons (Fsp3) is 0.417. The summed E-state index contributed by atoms with van der Waals surface area (Å²) in [4.78, 5) is 0. The van der Waals surface area contributed by atoms with Crippen LogP contribution < -0.4 is 0 Å². The molecule has 1 aromatic carbocycles. The van der Waals surface area contributed by atoms with Crippen LogP contribution in [0.15, 0.2) is 18.2 Å². The normalized spacial score (nSPS) is 11.2. The Morgan fingerprint density at radius 1 is 1.44 bits per heavy atom. The summed E-state index contributed by atoms with van der Waals surface area (Å²) in [6, 6.07) is 6.56. The average molecular weight is 288 g/mol. The van der Waals surface area contributed by atoms with Crippen LogP contribution in [-0.4, -0.2) is 27.9 Å². The monoisotopic (exact) mass is 287 g/mol. The molecule has 18 heavy (non-hydrogen) atoms. The highest BCUT2D eigenvalue weighted by atomic mass is 35.5. The highest BCUT2D eigenvalue weighted by molar-refractivity contribution is 7.90. The van der Waals surface area contributed by atoms with E-state index in [1.54, 1.807) is 12.1 Å². The first kappa shape index (κ1) is 15.0. The summed E-state index contributed by atoms with van der Waals surface area (Å²) in [5.74, 6) is -0.0432. The molecule has 0 radical (unpaired) electrons. The van der Waals surface area contributed by atoms with Crippen molar-refractivity contribution in [3.8, 4) is 6.07 Å². The molecule has 0 saturated carbocycles. The first-order valence-corrected chi connectivity index (χ1v) is 7.56. The molecule has 1 aromatic rings. The third kappa shape index (κ3) is 4.65. The van der Waals surface area contributed by atoms with Crippen LogP contribution in [0, 0.1) is 11.3 Å². The van der Waals surface area contributed by atoms with Crippen molar-refractivity contribution >= 4 is 21.4 Å². The fourth-order valence-electron chi connectivity index (χ4n) is 1.47. The number of nitriles is 1. The van der Waals surface area contributed by atoms with Crippen LogP contribution in [-0.2, 0) is 20.3 Å². The lowest BCUT2D eigenvalue weighted by Gasteiger charge is -2.06. The molecule has 4 nitrogen and oxygen atoms in total. The first-order chi connectivity index (χ1) is 8.48. The van der Waals surface area contributed by atoms with Crippen molar-refractivity contribution in [1.29, 1.82) is 5.26 Å². The zero-order valence-electron chi connectivity index (χ0n) is 10.0. The highest BCUT2D eigenvalue weighted by Crippen LogP contribution is 2.20. The lowest BCUT2D eigenvalue weighted by Crippen LogP contribution is -2.11. The number of methoxy groups -OCH3 is 1. The van der Waals surface area contributed by atoms with Gasteiger partial charge in [0.1, 0.15) is 0 Å². The zero-order chi connectivity index (χ0) is 13.6. The minimum absolute atomic E-state index is 0.0666. The maximum Gasteiger partial charge on any atom is 0.154 e. The third-order valence-electron chi connectivity index (χ3n) is 2.36. The Labute approximate surface area is 112 Å². The Bertz CT molecular complexity index is 549. The summed E-state index contributed by atoms with van der Waals surface area (Å²) < 4.78 is 28.4. The molecule has 0 aliphatic rings. The van der Waals surface area contributed by atoms with Gasteiger partial charge >= 0.3 is 0 Å². The summed E-state index contributed by atoms with van der Waals surface area (Å²) in [6.07, 6.45) is 0.465. The molecule has 0 spiro atoms. The Balaban J connectivity index is 2.75. The van der Waals surface area contributed by atoms with Crippen molar-refractivity contribution in [2.75, 3.05) is 19.5 Å². The van der Waals surface area contributed by atoms with Gasteiger partial charge in [0.05, 0.1) is 23.1 Å². The first-order valence-electron chi connectivity index (χ1n) is 5.36. The molecular weight excluding hydrogens is 274 g/mol. The number of hydrogen-bond donors (Lipinski definition) is 0. The second kappa shape index (κ2) is 6.74. The second-order valence-corrected chi connectivity index (χ2v) is 6.45. The quantitative estimate of drug-likeness (QED) is 0.752. The summed E-state index contributed by atoms with van der Waals surface area (Å²) in [5, 5.41) is 9.00. The number of nitrogens with zero attached hydrogens (tertiary/aromatic N) is 1. The van der Waals surface area contributed by atoms with E-state index in [9.17, 15) is 8.42 Å². The van der Waals surface area contributed by atoms with Gasteiger partial charge in [-0.1, -0.05) is 17.7 Å². The SMILES string of the molecule is COCCCS(=O)(=O)Cc1ccc(C#N)cc1Cl. The van der Waals surface area contributed by atoms with E-state index in [1.807, 2.05) is 6.07 Å². The minimum atomic E-state index is -3.20. The number of ether oxygens (including phenoxy) is 1. The Morgan fingerprint density at radius 2 is 2.17 bits per heavy atom. The molecule has 0 aromatic heterocycles. The maximum atomic E-state index is 11.8. The molecule has 0 aliphatic heterocycles. The van der Waals surface area contributed by atoms with Crippen LogP contribution in [0.25, 0.3) is 0 Å². The van der Waals surface area contributed by atoms with Gasteiger partial charge < -0.3 is 4.74 Å². The van der Waals surface area contributed by atoms with E-state index in [0.717, 1.165) is 0 Å².